The van der Waals surface area contributed by atoms with Crippen LogP contribution < -0.4 is 5.32 Å². The summed E-state index contributed by atoms with van der Waals surface area (Å²) in [5.74, 6) is 0. The van der Waals surface area contributed by atoms with Crippen LogP contribution in [-0.4, -0.2) is 37.8 Å². The van der Waals surface area contributed by atoms with Crippen molar-refractivity contribution in [3.05, 3.63) is 34.9 Å². The van der Waals surface area contributed by atoms with Crippen molar-refractivity contribution in [2.45, 2.75) is 26.3 Å². The van der Waals surface area contributed by atoms with Crippen LogP contribution >= 0.6 is 12.4 Å². The highest BCUT2D eigenvalue weighted by Crippen LogP contribution is 2.30. The standard InChI is InChI=1S/C15H23FN2.ClH/c1-12-4-3-5-13(2)15(12)14(6-7-16)18-10-8-17-9-11-18;/h3-5,14,17H,6-11H2,1-2H3;1H/t14-;/m1./s1. The van der Waals surface area contributed by atoms with Gasteiger partial charge in [0, 0.05) is 32.2 Å². The molecule has 1 fully saturated rings. The van der Waals surface area contributed by atoms with Crippen molar-refractivity contribution >= 4 is 12.4 Å². The van der Waals surface area contributed by atoms with Gasteiger partial charge in [0.05, 0.1) is 6.67 Å². The Kier molecular flexibility index (Phi) is 6.76. The van der Waals surface area contributed by atoms with Crippen LogP contribution in [0.5, 0.6) is 0 Å². The van der Waals surface area contributed by atoms with Crippen LogP contribution in [0.25, 0.3) is 0 Å². The number of rotatable bonds is 4. The highest BCUT2D eigenvalue weighted by atomic mass is 35.5. The minimum absolute atomic E-state index is 0. The maximum absolute atomic E-state index is 12.9. The topological polar surface area (TPSA) is 15.3 Å². The summed E-state index contributed by atoms with van der Waals surface area (Å²) in [4.78, 5) is 2.42. The molecule has 108 valence electrons. The molecule has 0 saturated carbocycles. The van der Waals surface area contributed by atoms with Crippen LogP contribution in [0.4, 0.5) is 4.39 Å². The normalized spacial score (nSPS) is 17.8. The summed E-state index contributed by atoms with van der Waals surface area (Å²) in [5, 5.41) is 3.36. The molecular weight excluding hydrogens is 263 g/mol. The van der Waals surface area contributed by atoms with Crippen molar-refractivity contribution in [1.82, 2.24) is 10.2 Å². The maximum atomic E-state index is 12.9. The van der Waals surface area contributed by atoms with E-state index in [2.05, 4.69) is 42.3 Å². The Hall–Kier alpha value is -0.640. The van der Waals surface area contributed by atoms with Crippen molar-refractivity contribution in [3.63, 3.8) is 0 Å². The second kappa shape index (κ2) is 7.83. The molecule has 1 heterocycles. The highest BCUT2D eigenvalue weighted by Gasteiger charge is 2.24. The second-order valence-corrected chi connectivity index (χ2v) is 5.08. The number of benzene rings is 1. The lowest BCUT2D eigenvalue weighted by molar-refractivity contribution is 0.156. The molecule has 2 nitrogen and oxygen atoms in total. The average Bonchev–Trinajstić information content (AvgIpc) is 2.38. The number of hydrogen-bond donors (Lipinski definition) is 1. The number of nitrogens with one attached hydrogen (secondary N) is 1. The van der Waals surface area contributed by atoms with Gasteiger partial charge in [0.2, 0.25) is 0 Å². The van der Waals surface area contributed by atoms with E-state index in [4.69, 9.17) is 0 Å². The Balaban J connectivity index is 0.00000180. The Morgan fingerprint density at radius 3 is 2.32 bits per heavy atom. The first-order valence-electron chi connectivity index (χ1n) is 6.81. The number of nitrogens with zero attached hydrogens (tertiary/aromatic N) is 1. The second-order valence-electron chi connectivity index (χ2n) is 5.08. The predicted molar refractivity (Wildman–Crippen MR) is 80.9 cm³/mol. The van der Waals surface area contributed by atoms with Gasteiger partial charge in [0.25, 0.3) is 0 Å². The van der Waals surface area contributed by atoms with Crippen molar-refractivity contribution in [2.75, 3.05) is 32.9 Å². The lowest BCUT2D eigenvalue weighted by Crippen LogP contribution is -2.45. The van der Waals surface area contributed by atoms with Gasteiger partial charge in [-0.2, -0.15) is 0 Å². The summed E-state index contributed by atoms with van der Waals surface area (Å²) >= 11 is 0. The van der Waals surface area contributed by atoms with Gasteiger partial charge in [-0.1, -0.05) is 18.2 Å². The first-order valence-corrected chi connectivity index (χ1v) is 6.81. The van der Waals surface area contributed by atoms with E-state index in [9.17, 15) is 4.39 Å². The van der Waals surface area contributed by atoms with Crippen LogP contribution in [0.1, 0.15) is 29.2 Å². The Morgan fingerprint density at radius 1 is 1.21 bits per heavy atom. The van der Waals surface area contributed by atoms with Gasteiger partial charge >= 0.3 is 0 Å². The highest BCUT2D eigenvalue weighted by molar-refractivity contribution is 5.85. The quantitative estimate of drug-likeness (QED) is 0.915. The third-order valence-corrected chi connectivity index (χ3v) is 3.85. The zero-order chi connectivity index (χ0) is 13.0. The van der Waals surface area contributed by atoms with Gasteiger partial charge in [0.15, 0.2) is 0 Å². The first kappa shape index (κ1) is 16.4. The zero-order valence-corrected chi connectivity index (χ0v) is 12.6. The third kappa shape index (κ3) is 3.91. The summed E-state index contributed by atoms with van der Waals surface area (Å²) in [6.07, 6.45) is 0.603. The lowest BCUT2D eigenvalue weighted by atomic mass is 9.93. The summed E-state index contributed by atoms with van der Waals surface area (Å²) in [6, 6.07) is 6.59. The third-order valence-electron chi connectivity index (χ3n) is 3.85. The molecule has 4 heteroatoms. The van der Waals surface area contributed by atoms with Crippen molar-refractivity contribution in [3.8, 4) is 0 Å². The van der Waals surface area contributed by atoms with Gasteiger partial charge in [-0.05, 0) is 37.0 Å². The predicted octanol–water partition coefficient (Wildman–Crippen LogP) is 3.03. The minimum atomic E-state index is -0.248. The van der Waals surface area contributed by atoms with E-state index in [1.807, 2.05) is 0 Å². The molecule has 0 unspecified atom stereocenters. The van der Waals surface area contributed by atoms with Crippen molar-refractivity contribution in [1.29, 1.82) is 0 Å². The SMILES string of the molecule is Cc1cccc(C)c1[C@@H](CCF)N1CCNCC1.Cl. The van der Waals surface area contributed by atoms with E-state index in [0.29, 0.717) is 6.42 Å². The van der Waals surface area contributed by atoms with E-state index >= 15 is 0 Å². The lowest BCUT2D eigenvalue weighted by Gasteiger charge is -2.36. The van der Waals surface area contributed by atoms with Gasteiger partial charge in [-0.25, -0.2) is 0 Å². The van der Waals surface area contributed by atoms with Crippen LogP contribution in [0.3, 0.4) is 0 Å². The number of halogens is 2. The van der Waals surface area contributed by atoms with Crippen LogP contribution in [0, 0.1) is 13.8 Å². The van der Waals surface area contributed by atoms with E-state index in [0.717, 1.165) is 26.2 Å². The van der Waals surface area contributed by atoms with Gasteiger partial charge in [-0.3, -0.25) is 9.29 Å². The molecule has 1 aliphatic rings. The van der Waals surface area contributed by atoms with Crippen molar-refractivity contribution < 1.29 is 4.39 Å². The van der Waals surface area contributed by atoms with Gasteiger partial charge in [0.1, 0.15) is 0 Å². The maximum Gasteiger partial charge on any atom is 0.0912 e. The molecule has 1 atom stereocenters. The van der Waals surface area contributed by atoms with Crippen molar-refractivity contribution in [2.24, 2.45) is 0 Å². The van der Waals surface area contributed by atoms with E-state index < -0.39 is 0 Å². The molecule has 0 amide bonds. The Bertz CT molecular complexity index is 371. The summed E-state index contributed by atoms with van der Waals surface area (Å²) in [6.45, 7) is 8.06. The fraction of sp³-hybridized carbons (Fsp3) is 0.600. The Morgan fingerprint density at radius 2 is 1.79 bits per heavy atom. The van der Waals surface area contributed by atoms with E-state index in [1.165, 1.54) is 16.7 Å². The zero-order valence-electron chi connectivity index (χ0n) is 11.8. The number of piperazine rings is 1. The molecule has 0 radical (unpaired) electrons. The number of alkyl halides is 1. The van der Waals surface area contributed by atoms with E-state index in [-0.39, 0.29) is 25.1 Å². The molecule has 0 spiro atoms. The average molecular weight is 287 g/mol. The largest absolute Gasteiger partial charge is 0.314 e. The van der Waals surface area contributed by atoms with Crippen LogP contribution in [-0.2, 0) is 0 Å². The summed E-state index contributed by atoms with van der Waals surface area (Å²) in [7, 11) is 0. The molecule has 0 bridgehead atoms. The molecule has 1 aromatic rings. The molecule has 1 aromatic carbocycles. The molecular formula is C15H24ClFN2. The summed E-state index contributed by atoms with van der Waals surface area (Å²) in [5.41, 5.74) is 3.90. The Labute approximate surface area is 121 Å². The molecule has 1 N–H and O–H groups in total. The van der Waals surface area contributed by atoms with Crippen LogP contribution in [0.2, 0.25) is 0 Å². The van der Waals surface area contributed by atoms with Gasteiger partial charge in [-0.15, -0.1) is 12.4 Å². The molecule has 1 saturated heterocycles. The molecule has 1 aliphatic heterocycles. The fourth-order valence-corrected chi connectivity index (χ4v) is 2.96. The smallest absolute Gasteiger partial charge is 0.0912 e. The molecule has 0 aromatic heterocycles. The van der Waals surface area contributed by atoms with Gasteiger partial charge < -0.3 is 5.32 Å². The monoisotopic (exact) mass is 286 g/mol. The molecule has 0 aliphatic carbocycles. The fourth-order valence-electron chi connectivity index (χ4n) is 2.96. The summed E-state index contributed by atoms with van der Waals surface area (Å²) < 4.78 is 12.9. The first-order chi connectivity index (χ1) is 8.74. The minimum Gasteiger partial charge on any atom is -0.314 e. The number of aryl methyl sites for hydroxylation is 2. The van der Waals surface area contributed by atoms with Crippen LogP contribution in [0.15, 0.2) is 18.2 Å². The number of hydrogen-bond acceptors (Lipinski definition) is 2. The molecule has 2 rings (SSSR count). The van der Waals surface area contributed by atoms with E-state index in [1.54, 1.807) is 0 Å². The molecule has 19 heavy (non-hydrogen) atoms.